The molecule has 0 saturated heterocycles. The predicted molar refractivity (Wildman–Crippen MR) is 72.2 cm³/mol. The van der Waals surface area contributed by atoms with Crippen LogP contribution in [0.4, 0.5) is 0 Å². The summed E-state index contributed by atoms with van der Waals surface area (Å²) in [5.74, 6) is 0.398. The van der Waals surface area contributed by atoms with Gasteiger partial charge in [-0.2, -0.15) is 0 Å². The molecule has 1 aromatic carbocycles. The van der Waals surface area contributed by atoms with E-state index >= 15 is 0 Å². The van der Waals surface area contributed by atoms with E-state index in [-0.39, 0.29) is 12.5 Å². The van der Waals surface area contributed by atoms with Crippen molar-refractivity contribution < 1.29 is 9.90 Å². The Labute approximate surface area is 108 Å². The van der Waals surface area contributed by atoms with Crippen molar-refractivity contribution >= 4 is 5.91 Å². The number of nitrogens with two attached hydrogens (primary N) is 1. The fourth-order valence-corrected chi connectivity index (χ4v) is 2.01. The highest BCUT2D eigenvalue weighted by Crippen LogP contribution is 2.23. The lowest BCUT2D eigenvalue weighted by Crippen LogP contribution is -2.35. The highest BCUT2D eigenvalue weighted by Gasteiger charge is 2.13. The number of benzene rings is 1. The number of nitrogens with zero attached hydrogens (tertiary/aromatic N) is 1. The highest BCUT2D eigenvalue weighted by atomic mass is 16.3. The van der Waals surface area contributed by atoms with E-state index in [9.17, 15) is 9.90 Å². The molecule has 0 aliphatic heterocycles. The largest absolute Gasteiger partial charge is 0.507 e. The van der Waals surface area contributed by atoms with Crippen LogP contribution in [-0.4, -0.2) is 29.0 Å². The van der Waals surface area contributed by atoms with Gasteiger partial charge in [-0.3, -0.25) is 9.69 Å². The van der Waals surface area contributed by atoms with Gasteiger partial charge in [0.1, 0.15) is 5.75 Å². The summed E-state index contributed by atoms with van der Waals surface area (Å²) in [6.45, 7) is 7.56. The summed E-state index contributed by atoms with van der Waals surface area (Å²) in [4.78, 5) is 13.0. The molecule has 0 bridgehead atoms. The zero-order valence-corrected chi connectivity index (χ0v) is 11.3. The van der Waals surface area contributed by atoms with Gasteiger partial charge in [-0.05, 0) is 18.4 Å². The first-order chi connectivity index (χ1) is 8.40. The Bertz CT molecular complexity index is 416. The number of primary amides is 1. The quantitative estimate of drug-likeness (QED) is 0.806. The molecule has 0 fully saturated rings. The van der Waals surface area contributed by atoms with E-state index in [2.05, 4.69) is 13.8 Å². The van der Waals surface area contributed by atoms with E-state index in [4.69, 9.17) is 5.73 Å². The van der Waals surface area contributed by atoms with Gasteiger partial charge >= 0.3 is 0 Å². The molecule has 0 aliphatic rings. The maximum atomic E-state index is 11.1. The fraction of sp³-hybridized carbons (Fsp3) is 0.500. The summed E-state index contributed by atoms with van der Waals surface area (Å²) in [5, 5.41) is 9.97. The van der Waals surface area contributed by atoms with Gasteiger partial charge in [0.25, 0.3) is 0 Å². The predicted octanol–water partition coefficient (Wildman–Crippen LogP) is 1.64. The van der Waals surface area contributed by atoms with E-state index in [1.54, 1.807) is 0 Å². The van der Waals surface area contributed by atoms with Gasteiger partial charge in [0.15, 0.2) is 0 Å². The first-order valence-electron chi connectivity index (χ1n) is 6.18. The number of amides is 1. The molecule has 0 atom stereocenters. The van der Waals surface area contributed by atoms with E-state index < -0.39 is 0 Å². The van der Waals surface area contributed by atoms with Gasteiger partial charge in [0, 0.05) is 18.7 Å². The summed E-state index contributed by atoms with van der Waals surface area (Å²) < 4.78 is 0. The van der Waals surface area contributed by atoms with Gasteiger partial charge < -0.3 is 10.8 Å². The summed E-state index contributed by atoms with van der Waals surface area (Å²) in [7, 11) is 0. The molecule has 0 spiro atoms. The van der Waals surface area contributed by atoms with Crippen LogP contribution in [0, 0.1) is 12.8 Å². The zero-order valence-electron chi connectivity index (χ0n) is 11.3. The monoisotopic (exact) mass is 250 g/mol. The number of hydrogen-bond donors (Lipinski definition) is 2. The van der Waals surface area contributed by atoms with Gasteiger partial charge in [-0.25, -0.2) is 0 Å². The Hall–Kier alpha value is -1.55. The zero-order chi connectivity index (χ0) is 13.7. The minimum absolute atomic E-state index is 0.214. The van der Waals surface area contributed by atoms with E-state index in [1.807, 2.05) is 30.0 Å². The molecule has 0 unspecified atom stereocenters. The van der Waals surface area contributed by atoms with Crippen molar-refractivity contribution in [3.8, 4) is 5.75 Å². The maximum Gasteiger partial charge on any atom is 0.231 e. The summed E-state index contributed by atoms with van der Waals surface area (Å²) in [6.07, 6.45) is 0. The summed E-state index contributed by atoms with van der Waals surface area (Å²) in [5.41, 5.74) is 6.92. The van der Waals surface area contributed by atoms with Crippen LogP contribution >= 0.6 is 0 Å². The Morgan fingerprint density at radius 1 is 1.44 bits per heavy atom. The van der Waals surface area contributed by atoms with Crippen molar-refractivity contribution in [2.75, 3.05) is 13.1 Å². The number of carbonyl (C=O) groups excluding carboxylic acids is 1. The number of aryl methyl sites for hydroxylation is 1. The average molecular weight is 250 g/mol. The van der Waals surface area contributed by atoms with Gasteiger partial charge in [0.05, 0.1) is 6.54 Å². The van der Waals surface area contributed by atoms with Crippen molar-refractivity contribution in [1.82, 2.24) is 4.90 Å². The molecule has 1 amide bonds. The van der Waals surface area contributed by atoms with Crippen LogP contribution in [0.5, 0.6) is 5.75 Å². The number of phenolic OH excluding ortho intramolecular Hbond substituents is 1. The summed E-state index contributed by atoms with van der Waals surface area (Å²) >= 11 is 0. The highest BCUT2D eigenvalue weighted by molar-refractivity contribution is 5.75. The molecule has 0 heterocycles. The molecule has 1 rings (SSSR count). The van der Waals surface area contributed by atoms with Crippen LogP contribution in [0.1, 0.15) is 25.0 Å². The third-order valence-electron chi connectivity index (χ3n) is 2.72. The van der Waals surface area contributed by atoms with Crippen LogP contribution in [0.15, 0.2) is 18.2 Å². The maximum absolute atomic E-state index is 11.1. The number of carbonyl (C=O) groups is 1. The van der Waals surface area contributed by atoms with Crippen molar-refractivity contribution in [2.45, 2.75) is 27.3 Å². The number of aromatic hydroxyl groups is 1. The Balaban J connectivity index is 2.81. The van der Waals surface area contributed by atoms with E-state index in [0.717, 1.165) is 17.7 Å². The lowest BCUT2D eigenvalue weighted by molar-refractivity contribution is -0.119. The first-order valence-corrected chi connectivity index (χ1v) is 6.18. The second-order valence-electron chi connectivity index (χ2n) is 5.11. The Morgan fingerprint density at radius 3 is 2.67 bits per heavy atom. The van der Waals surface area contributed by atoms with Gasteiger partial charge in [-0.15, -0.1) is 0 Å². The first kappa shape index (κ1) is 14.5. The van der Waals surface area contributed by atoms with Crippen LogP contribution in [-0.2, 0) is 11.3 Å². The van der Waals surface area contributed by atoms with Crippen molar-refractivity contribution in [2.24, 2.45) is 11.7 Å². The summed E-state index contributed by atoms with van der Waals surface area (Å²) in [6, 6.07) is 5.64. The van der Waals surface area contributed by atoms with Crippen LogP contribution in [0.25, 0.3) is 0 Å². The minimum Gasteiger partial charge on any atom is -0.507 e. The topological polar surface area (TPSA) is 66.6 Å². The van der Waals surface area contributed by atoms with Gasteiger partial charge in [0.2, 0.25) is 5.91 Å². The van der Waals surface area contributed by atoms with Crippen molar-refractivity contribution in [1.29, 1.82) is 0 Å². The molecule has 4 heteroatoms. The lowest BCUT2D eigenvalue weighted by atomic mass is 10.1. The van der Waals surface area contributed by atoms with E-state index in [1.165, 1.54) is 0 Å². The third-order valence-corrected chi connectivity index (χ3v) is 2.72. The minimum atomic E-state index is -0.345. The number of phenols is 1. The van der Waals surface area contributed by atoms with E-state index in [0.29, 0.717) is 18.2 Å². The smallest absolute Gasteiger partial charge is 0.231 e. The SMILES string of the molecule is Cc1cccc(CN(CC(N)=O)CC(C)C)c1O. The molecule has 1 aromatic rings. The second kappa shape index (κ2) is 6.40. The molecular weight excluding hydrogens is 228 g/mol. The third kappa shape index (κ3) is 4.37. The molecule has 0 saturated carbocycles. The molecule has 18 heavy (non-hydrogen) atoms. The number of para-hydroxylation sites is 1. The molecule has 4 nitrogen and oxygen atoms in total. The number of rotatable bonds is 6. The number of hydrogen-bond acceptors (Lipinski definition) is 3. The lowest BCUT2D eigenvalue weighted by Gasteiger charge is -2.23. The Kier molecular flexibility index (Phi) is 5.16. The molecular formula is C14H22N2O2. The molecule has 100 valence electrons. The van der Waals surface area contributed by atoms with Crippen LogP contribution < -0.4 is 5.73 Å². The molecule has 0 aromatic heterocycles. The average Bonchev–Trinajstić information content (AvgIpc) is 2.23. The fourth-order valence-electron chi connectivity index (χ4n) is 2.01. The second-order valence-corrected chi connectivity index (χ2v) is 5.11. The Morgan fingerprint density at radius 2 is 2.11 bits per heavy atom. The molecule has 3 N–H and O–H groups in total. The molecule has 0 aliphatic carbocycles. The van der Waals surface area contributed by atoms with Crippen LogP contribution in [0.3, 0.4) is 0 Å². The molecule has 0 radical (unpaired) electrons. The van der Waals surface area contributed by atoms with Crippen molar-refractivity contribution in [3.05, 3.63) is 29.3 Å². The van der Waals surface area contributed by atoms with Crippen molar-refractivity contribution in [3.63, 3.8) is 0 Å². The standard InChI is InChI=1S/C14H22N2O2/c1-10(2)7-16(9-13(15)17)8-12-6-4-5-11(3)14(12)18/h4-6,10,18H,7-9H2,1-3H3,(H2,15,17). The van der Waals surface area contributed by atoms with Crippen LogP contribution in [0.2, 0.25) is 0 Å². The normalized spacial score (nSPS) is 11.2. The van der Waals surface area contributed by atoms with Gasteiger partial charge in [-0.1, -0.05) is 32.0 Å².